The maximum Gasteiger partial charge on any atom is 0.252 e. The summed E-state index contributed by atoms with van der Waals surface area (Å²) in [5, 5.41) is 13.7. The number of aromatic amines is 1. The van der Waals surface area contributed by atoms with Crippen LogP contribution in [0, 0.1) is 0 Å². The van der Waals surface area contributed by atoms with E-state index in [1.807, 2.05) is 53.2 Å². The van der Waals surface area contributed by atoms with Gasteiger partial charge in [-0.1, -0.05) is 19.1 Å². The molecule has 0 unspecified atom stereocenters. The zero-order valence-electron chi connectivity index (χ0n) is 22.1. The highest BCUT2D eigenvalue weighted by molar-refractivity contribution is 5.80. The highest BCUT2D eigenvalue weighted by Crippen LogP contribution is 2.28. The molecule has 1 saturated heterocycles. The second-order valence-corrected chi connectivity index (χ2v) is 9.61. The summed E-state index contributed by atoms with van der Waals surface area (Å²) in [4.78, 5) is 18.5. The van der Waals surface area contributed by atoms with E-state index in [1.54, 1.807) is 14.2 Å². The minimum absolute atomic E-state index is 0.112. The monoisotopic (exact) mass is 518 g/mol. The van der Waals surface area contributed by atoms with Crippen molar-refractivity contribution in [1.82, 2.24) is 30.1 Å². The standard InChI is InChI=1S/C28H34N6O4/c1-4-26(27-30-31-32-34(27)18-24-6-5-13-38-24)33(16-19-7-10-22(36-2)11-8-19)17-21-14-20-9-12-23(37-3)15-25(20)29-28(21)35/h7-12,14-15,24,26H,4-6,13,16-18H2,1-3H3,(H,29,35)/t24-,26-/m0/s1. The summed E-state index contributed by atoms with van der Waals surface area (Å²) in [5.41, 5.74) is 2.39. The topological polar surface area (TPSA) is 107 Å². The van der Waals surface area contributed by atoms with Crippen LogP contribution in [0.1, 0.15) is 49.2 Å². The largest absolute Gasteiger partial charge is 0.497 e. The molecular formula is C28H34N6O4. The Bertz CT molecular complexity index is 1410. The van der Waals surface area contributed by atoms with E-state index in [1.165, 1.54) is 0 Å². The molecule has 4 aromatic rings. The number of hydrogen-bond acceptors (Lipinski definition) is 8. The van der Waals surface area contributed by atoms with Gasteiger partial charge in [0.1, 0.15) is 11.5 Å². The van der Waals surface area contributed by atoms with Gasteiger partial charge in [0.05, 0.1) is 38.4 Å². The molecule has 0 bridgehead atoms. The molecule has 2 atom stereocenters. The molecule has 2 aromatic heterocycles. The Labute approximate surface area is 221 Å². The SMILES string of the molecule is CC[C@@H](c1nnnn1C[C@@H]1CCCO1)N(Cc1ccc(OC)cc1)Cc1cc2ccc(OC)cc2[nH]c1=O. The van der Waals surface area contributed by atoms with Gasteiger partial charge in [0.2, 0.25) is 0 Å². The summed E-state index contributed by atoms with van der Waals surface area (Å²) < 4.78 is 18.4. The molecule has 1 N–H and O–H groups in total. The molecule has 0 aliphatic carbocycles. The molecule has 3 heterocycles. The van der Waals surface area contributed by atoms with E-state index < -0.39 is 0 Å². The third-order valence-corrected chi connectivity index (χ3v) is 7.13. The minimum atomic E-state index is -0.126. The van der Waals surface area contributed by atoms with Crippen LogP contribution < -0.4 is 15.0 Å². The number of pyridine rings is 1. The van der Waals surface area contributed by atoms with Gasteiger partial charge in [-0.05, 0) is 71.0 Å². The molecular weight excluding hydrogens is 484 g/mol. The fourth-order valence-electron chi connectivity index (χ4n) is 5.10. The summed E-state index contributed by atoms with van der Waals surface area (Å²) in [6.07, 6.45) is 2.94. The van der Waals surface area contributed by atoms with Crippen molar-refractivity contribution in [2.45, 2.75) is 58.0 Å². The van der Waals surface area contributed by atoms with Crippen LogP contribution in [0.3, 0.4) is 0 Å². The van der Waals surface area contributed by atoms with Gasteiger partial charge in [0.15, 0.2) is 5.82 Å². The number of rotatable bonds is 11. The van der Waals surface area contributed by atoms with Crippen molar-refractivity contribution in [2.75, 3.05) is 20.8 Å². The molecule has 10 nitrogen and oxygen atoms in total. The number of methoxy groups -OCH3 is 2. The van der Waals surface area contributed by atoms with Gasteiger partial charge in [-0.15, -0.1) is 5.10 Å². The maximum atomic E-state index is 13.2. The molecule has 5 rings (SSSR count). The predicted molar refractivity (Wildman–Crippen MR) is 143 cm³/mol. The molecule has 1 aliphatic rings. The first-order valence-corrected chi connectivity index (χ1v) is 13.0. The van der Waals surface area contributed by atoms with Crippen molar-refractivity contribution in [2.24, 2.45) is 0 Å². The molecule has 2 aromatic carbocycles. The molecule has 200 valence electrons. The molecule has 1 fully saturated rings. The van der Waals surface area contributed by atoms with Crippen LogP contribution in [0.25, 0.3) is 10.9 Å². The zero-order valence-corrected chi connectivity index (χ0v) is 22.1. The normalized spacial score (nSPS) is 16.3. The van der Waals surface area contributed by atoms with Crippen molar-refractivity contribution < 1.29 is 14.2 Å². The Kier molecular flexibility index (Phi) is 8.00. The third kappa shape index (κ3) is 5.71. The summed E-state index contributed by atoms with van der Waals surface area (Å²) >= 11 is 0. The molecule has 0 amide bonds. The van der Waals surface area contributed by atoms with E-state index in [2.05, 4.69) is 32.3 Å². The van der Waals surface area contributed by atoms with Crippen molar-refractivity contribution in [1.29, 1.82) is 0 Å². The van der Waals surface area contributed by atoms with Gasteiger partial charge >= 0.3 is 0 Å². The van der Waals surface area contributed by atoms with Crippen molar-refractivity contribution in [3.05, 3.63) is 75.8 Å². The number of nitrogens with one attached hydrogen (secondary N) is 1. The van der Waals surface area contributed by atoms with E-state index in [9.17, 15) is 4.79 Å². The second-order valence-electron chi connectivity index (χ2n) is 9.61. The number of nitrogens with zero attached hydrogens (tertiary/aromatic N) is 5. The Morgan fingerprint density at radius 2 is 1.89 bits per heavy atom. The first kappa shape index (κ1) is 25.9. The lowest BCUT2D eigenvalue weighted by Crippen LogP contribution is -2.33. The number of H-pyrrole nitrogens is 1. The molecule has 38 heavy (non-hydrogen) atoms. The lowest BCUT2D eigenvalue weighted by molar-refractivity contribution is 0.0888. The van der Waals surface area contributed by atoms with Gasteiger partial charge in [-0.3, -0.25) is 9.69 Å². The number of aromatic nitrogens is 5. The van der Waals surface area contributed by atoms with Crippen LogP contribution in [0.5, 0.6) is 11.5 Å². The van der Waals surface area contributed by atoms with E-state index in [-0.39, 0.29) is 17.7 Å². The van der Waals surface area contributed by atoms with Crippen LogP contribution in [0.15, 0.2) is 53.3 Å². The second kappa shape index (κ2) is 11.7. The summed E-state index contributed by atoms with van der Waals surface area (Å²) in [7, 11) is 3.27. The fraction of sp³-hybridized carbons (Fsp3) is 0.429. The number of tetrazole rings is 1. The quantitative estimate of drug-likeness (QED) is 0.319. The number of fused-ring (bicyclic) bond motifs is 1. The van der Waals surface area contributed by atoms with Gasteiger partial charge in [0, 0.05) is 31.3 Å². The molecule has 10 heteroatoms. The first-order chi connectivity index (χ1) is 18.6. The predicted octanol–water partition coefficient (Wildman–Crippen LogP) is 3.86. The van der Waals surface area contributed by atoms with Crippen LogP contribution >= 0.6 is 0 Å². The first-order valence-electron chi connectivity index (χ1n) is 13.0. The number of benzene rings is 2. The maximum absolute atomic E-state index is 13.2. The van der Waals surface area contributed by atoms with E-state index in [0.717, 1.165) is 53.9 Å². The Hall–Kier alpha value is -3.76. The van der Waals surface area contributed by atoms with Gasteiger partial charge in [0.25, 0.3) is 5.56 Å². The number of hydrogen-bond donors (Lipinski definition) is 1. The van der Waals surface area contributed by atoms with Crippen LogP contribution in [0.4, 0.5) is 0 Å². The van der Waals surface area contributed by atoms with Crippen LogP contribution in [-0.4, -0.2) is 57.0 Å². The molecule has 1 aliphatic heterocycles. The van der Waals surface area contributed by atoms with E-state index in [4.69, 9.17) is 14.2 Å². The van der Waals surface area contributed by atoms with Crippen LogP contribution in [-0.2, 0) is 24.4 Å². The lowest BCUT2D eigenvalue weighted by Gasteiger charge is -2.30. The highest BCUT2D eigenvalue weighted by Gasteiger charge is 2.28. The van der Waals surface area contributed by atoms with Crippen LogP contribution in [0.2, 0.25) is 0 Å². The average molecular weight is 519 g/mol. The summed E-state index contributed by atoms with van der Waals surface area (Å²) in [6.45, 7) is 4.55. The molecule has 0 radical (unpaired) electrons. The fourth-order valence-corrected chi connectivity index (χ4v) is 5.10. The zero-order chi connectivity index (χ0) is 26.5. The third-order valence-electron chi connectivity index (χ3n) is 7.13. The Balaban J connectivity index is 1.49. The smallest absolute Gasteiger partial charge is 0.252 e. The Morgan fingerprint density at radius 3 is 2.61 bits per heavy atom. The van der Waals surface area contributed by atoms with Crippen molar-refractivity contribution in [3.8, 4) is 11.5 Å². The van der Waals surface area contributed by atoms with Crippen molar-refractivity contribution >= 4 is 10.9 Å². The van der Waals surface area contributed by atoms with Gasteiger partial charge in [-0.25, -0.2) is 4.68 Å². The number of ether oxygens (including phenoxy) is 3. The minimum Gasteiger partial charge on any atom is -0.497 e. The van der Waals surface area contributed by atoms with E-state index >= 15 is 0 Å². The summed E-state index contributed by atoms with van der Waals surface area (Å²) in [6, 6.07) is 15.5. The molecule has 0 spiro atoms. The average Bonchev–Trinajstić information content (AvgIpc) is 3.62. The summed E-state index contributed by atoms with van der Waals surface area (Å²) in [5.74, 6) is 2.28. The van der Waals surface area contributed by atoms with Gasteiger partial charge < -0.3 is 19.2 Å². The lowest BCUT2D eigenvalue weighted by atomic mass is 10.1. The van der Waals surface area contributed by atoms with E-state index in [0.29, 0.717) is 30.9 Å². The van der Waals surface area contributed by atoms with Gasteiger partial charge in [-0.2, -0.15) is 0 Å². The Morgan fingerprint density at radius 1 is 1.11 bits per heavy atom. The molecule has 0 saturated carbocycles. The highest BCUT2D eigenvalue weighted by atomic mass is 16.5. The van der Waals surface area contributed by atoms with Crippen molar-refractivity contribution in [3.63, 3.8) is 0 Å².